The Morgan fingerprint density at radius 1 is 1.25 bits per heavy atom. The molecule has 152 valence electrons. The third-order valence-electron chi connectivity index (χ3n) is 4.73. The van der Waals surface area contributed by atoms with E-state index in [-0.39, 0.29) is 23.9 Å². The Kier molecular flexibility index (Phi) is 5.88. The molecule has 2 saturated heterocycles. The highest BCUT2D eigenvalue weighted by molar-refractivity contribution is 6.01. The molecule has 3 amide bonds. The molecule has 0 aromatic heterocycles. The summed E-state index contributed by atoms with van der Waals surface area (Å²) in [6.45, 7) is 7.26. The van der Waals surface area contributed by atoms with E-state index >= 15 is 0 Å². The first kappa shape index (κ1) is 20.1. The van der Waals surface area contributed by atoms with Gasteiger partial charge in [0, 0.05) is 31.7 Å². The van der Waals surface area contributed by atoms with Crippen LogP contribution in [-0.4, -0.2) is 54.1 Å². The van der Waals surface area contributed by atoms with E-state index in [1.54, 1.807) is 4.90 Å². The molecular weight excluding hydrogens is 360 g/mol. The SMILES string of the molecule is CC(C)(C)OC(=O)N1CCNC(c2ccccc2NC2CCC(=O)NC2=O)C1. The van der Waals surface area contributed by atoms with Gasteiger partial charge < -0.3 is 20.3 Å². The monoisotopic (exact) mass is 388 g/mol. The third-order valence-corrected chi connectivity index (χ3v) is 4.73. The van der Waals surface area contributed by atoms with Gasteiger partial charge in [-0.05, 0) is 38.8 Å². The van der Waals surface area contributed by atoms with Crippen LogP contribution in [0.4, 0.5) is 10.5 Å². The van der Waals surface area contributed by atoms with E-state index in [0.717, 1.165) is 11.3 Å². The first-order valence-corrected chi connectivity index (χ1v) is 9.63. The van der Waals surface area contributed by atoms with Crippen LogP contribution in [0.3, 0.4) is 0 Å². The van der Waals surface area contributed by atoms with Gasteiger partial charge in [0.2, 0.25) is 11.8 Å². The lowest BCUT2D eigenvalue weighted by atomic mass is 10.00. The molecular formula is C20H28N4O4. The lowest BCUT2D eigenvalue weighted by molar-refractivity contribution is -0.133. The number of piperazine rings is 1. The van der Waals surface area contributed by atoms with Crippen molar-refractivity contribution in [2.45, 2.75) is 51.3 Å². The maximum Gasteiger partial charge on any atom is 0.410 e. The second kappa shape index (κ2) is 8.18. The normalized spacial score (nSPS) is 23.2. The van der Waals surface area contributed by atoms with Crippen LogP contribution in [0, 0.1) is 0 Å². The average molecular weight is 388 g/mol. The molecule has 2 heterocycles. The maximum absolute atomic E-state index is 12.4. The molecule has 0 saturated carbocycles. The number of ether oxygens (including phenoxy) is 1. The zero-order valence-electron chi connectivity index (χ0n) is 16.6. The largest absolute Gasteiger partial charge is 0.444 e. The molecule has 0 radical (unpaired) electrons. The minimum absolute atomic E-state index is 0.0850. The van der Waals surface area contributed by atoms with Crippen molar-refractivity contribution >= 4 is 23.6 Å². The Bertz CT molecular complexity index is 759. The van der Waals surface area contributed by atoms with E-state index in [1.165, 1.54) is 0 Å². The van der Waals surface area contributed by atoms with Crippen molar-refractivity contribution in [3.63, 3.8) is 0 Å². The Hall–Kier alpha value is -2.61. The van der Waals surface area contributed by atoms with Crippen molar-refractivity contribution in [2.24, 2.45) is 0 Å². The highest BCUT2D eigenvalue weighted by atomic mass is 16.6. The summed E-state index contributed by atoms with van der Waals surface area (Å²) in [5.74, 6) is -0.545. The fourth-order valence-corrected chi connectivity index (χ4v) is 3.40. The summed E-state index contributed by atoms with van der Waals surface area (Å²) >= 11 is 0. The Balaban J connectivity index is 1.72. The fraction of sp³-hybridized carbons (Fsp3) is 0.550. The van der Waals surface area contributed by atoms with Crippen LogP contribution in [0.2, 0.25) is 0 Å². The van der Waals surface area contributed by atoms with Gasteiger partial charge in [-0.25, -0.2) is 4.79 Å². The second-order valence-electron chi connectivity index (χ2n) is 8.17. The van der Waals surface area contributed by atoms with Crippen molar-refractivity contribution in [1.82, 2.24) is 15.5 Å². The molecule has 2 fully saturated rings. The summed E-state index contributed by atoms with van der Waals surface area (Å²) in [4.78, 5) is 37.6. The van der Waals surface area contributed by atoms with E-state index in [2.05, 4.69) is 16.0 Å². The van der Waals surface area contributed by atoms with Gasteiger partial charge in [0.05, 0.1) is 6.04 Å². The molecule has 28 heavy (non-hydrogen) atoms. The molecule has 1 aromatic carbocycles. The van der Waals surface area contributed by atoms with Gasteiger partial charge in [-0.1, -0.05) is 18.2 Å². The minimum Gasteiger partial charge on any atom is -0.444 e. The maximum atomic E-state index is 12.4. The molecule has 1 aromatic rings. The molecule has 0 spiro atoms. The van der Waals surface area contributed by atoms with Crippen LogP contribution in [-0.2, 0) is 14.3 Å². The number of carbonyl (C=O) groups is 3. The number of amides is 3. The van der Waals surface area contributed by atoms with Gasteiger partial charge >= 0.3 is 6.09 Å². The molecule has 0 aliphatic carbocycles. The average Bonchev–Trinajstić information content (AvgIpc) is 2.63. The summed E-state index contributed by atoms with van der Waals surface area (Å²) in [6.07, 6.45) is 0.454. The molecule has 8 nitrogen and oxygen atoms in total. The van der Waals surface area contributed by atoms with Crippen molar-refractivity contribution in [1.29, 1.82) is 0 Å². The summed E-state index contributed by atoms with van der Waals surface area (Å²) < 4.78 is 5.50. The number of piperidine rings is 1. The second-order valence-corrected chi connectivity index (χ2v) is 8.17. The zero-order valence-corrected chi connectivity index (χ0v) is 16.6. The predicted octanol–water partition coefficient (Wildman–Crippen LogP) is 1.79. The number of nitrogens with one attached hydrogen (secondary N) is 3. The van der Waals surface area contributed by atoms with Crippen molar-refractivity contribution in [3.8, 4) is 0 Å². The number of imide groups is 1. The van der Waals surface area contributed by atoms with E-state index in [1.807, 2.05) is 45.0 Å². The molecule has 2 aliphatic rings. The van der Waals surface area contributed by atoms with Gasteiger partial charge in [0.15, 0.2) is 0 Å². The topological polar surface area (TPSA) is 99.8 Å². The molecule has 8 heteroatoms. The van der Waals surface area contributed by atoms with E-state index < -0.39 is 11.6 Å². The Labute approximate surface area is 165 Å². The van der Waals surface area contributed by atoms with Crippen molar-refractivity contribution in [3.05, 3.63) is 29.8 Å². The molecule has 2 aliphatic heterocycles. The van der Waals surface area contributed by atoms with E-state index in [0.29, 0.717) is 32.5 Å². The van der Waals surface area contributed by atoms with E-state index in [9.17, 15) is 14.4 Å². The van der Waals surface area contributed by atoms with Crippen LogP contribution in [0.15, 0.2) is 24.3 Å². The number of benzene rings is 1. The standard InChI is InChI=1S/C20H28N4O4/c1-20(2,3)28-19(27)24-11-10-21-16(12-24)13-6-4-5-7-14(13)22-15-8-9-17(25)23-18(15)26/h4-7,15-16,21-22H,8-12H2,1-3H3,(H,23,25,26). The fourth-order valence-electron chi connectivity index (χ4n) is 3.40. The smallest absolute Gasteiger partial charge is 0.410 e. The highest BCUT2D eigenvalue weighted by Gasteiger charge is 2.31. The van der Waals surface area contributed by atoms with Crippen LogP contribution in [0.5, 0.6) is 0 Å². The van der Waals surface area contributed by atoms with Gasteiger partial charge in [-0.15, -0.1) is 0 Å². The summed E-state index contributed by atoms with van der Waals surface area (Å²) in [7, 11) is 0. The Morgan fingerprint density at radius 2 is 2.00 bits per heavy atom. The summed E-state index contributed by atoms with van der Waals surface area (Å²) in [6, 6.07) is 7.17. The third kappa shape index (κ3) is 5.01. The predicted molar refractivity (Wildman–Crippen MR) is 105 cm³/mol. The Morgan fingerprint density at radius 3 is 2.71 bits per heavy atom. The first-order chi connectivity index (χ1) is 13.2. The van der Waals surface area contributed by atoms with Gasteiger partial charge in [0.25, 0.3) is 0 Å². The minimum atomic E-state index is -0.539. The number of para-hydroxylation sites is 1. The van der Waals surface area contributed by atoms with Crippen LogP contribution in [0.1, 0.15) is 45.2 Å². The van der Waals surface area contributed by atoms with Gasteiger partial charge in [-0.3, -0.25) is 14.9 Å². The zero-order chi connectivity index (χ0) is 20.3. The molecule has 0 bridgehead atoms. The van der Waals surface area contributed by atoms with Crippen LogP contribution < -0.4 is 16.0 Å². The van der Waals surface area contributed by atoms with Crippen molar-refractivity contribution < 1.29 is 19.1 Å². The molecule has 3 N–H and O–H groups in total. The number of hydrogen-bond donors (Lipinski definition) is 3. The summed E-state index contributed by atoms with van der Waals surface area (Å²) in [5, 5.41) is 9.06. The number of hydrogen-bond acceptors (Lipinski definition) is 6. The van der Waals surface area contributed by atoms with Crippen LogP contribution in [0.25, 0.3) is 0 Å². The first-order valence-electron chi connectivity index (χ1n) is 9.63. The number of nitrogens with zero attached hydrogens (tertiary/aromatic N) is 1. The molecule has 2 unspecified atom stereocenters. The lowest BCUT2D eigenvalue weighted by Gasteiger charge is -2.36. The number of carbonyl (C=O) groups excluding carboxylic acids is 3. The van der Waals surface area contributed by atoms with Crippen molar-refractivity contribution in [2.75, 3.05) is 25.0 Å². The lowest BCUT2D eigenvalue weighted by Crippen LogP contribution is -2.50. The quantitative estimate of drug-likeness (QED) is 0.683. The van der Waals surface area contributed by atoms with Crippen LogP contribution >= 0.6 is 0 Å². The number of rotatable bonds is 3. The molecule has 3 rings (SSSR count). The van der Waals surface area contributed by atoms with Gasteiger partial charge in [-0.2, -0.15) is 0 Å². The van der Waals surface area contributed by atoms with Gasteiger partial charge in [0.1, 0.15) is 11.6 Å². The highest BCUT2D eigenvalue weighted by Crippen LogP contribution is 2.27. The van der Waals surface area contributed by atoms with E-state index in [4.69, 9.17) is 4.74 Å². The number of anilines is 1. The summed E-state index contributed by atoms with van der Waals surface area (Å²) in [5.41, 5.74) is 1.25. The molecule has 2 atom stereocenters.